The fourth-order valence-electron chi connectivity index (χ4n) is 3.32. The van der Waals surface area contributed by atoms with Crippen LogP contribution >= 0.6 is 11.6 Å². The average molecular weight is 383 g/mol. The van der Waals surface area contributed by atoms with Crippen LogP contribution in [0.3, 0.4) is 0 Å². The van der Waals surface area contributed by atoms with Crippen LogP contribution in [0.2, 0.25) is 5.02 Å². The van der Waals surface area contributed by atoms with E-state index in [1.54, 1.807) is 14.2 Å². The summed E-state index contributed by atoms with van der Waals surface area (Å²) >= 11 is 6.34. The van der Waals surface area contributed by atoms with E-state index in [0.717, 1.165) is 24.6 Å². The highest BCUT2D eigenvalue weighted by Crippen LogP contribution is 2.36. The number of nitrogens with zero attached hydrogens (tertiary/aromatic N) is 2. The topological polar surface area (TPSA) is 58.1 Å². The van der Waals surface area contributed by atoms with E-state index in [-0.39, 0.29) is 0 Å². The molecule has 1 aliphatic rings. The first-order valence-corrected chi connectivity index (χ1v) is 9.68. The van der Waals surface area contributed by atoms with Gasteiger partial charge in [0.05, 0.1) is 18.7 Å². The molecule has 1 unspecified atom stereocenters. The monoisotopic (exact) mass is 382 g/mol. The number of benzene rings is 1. The predicted octanol–water partition coefficient (Wildman–Crippen LogP) is 2.90. The van der Waals surface area contributed by atoms with Gasteiger partial charge in [0, 0.05) is 26.2 Å². The Morgan fingerprint density at radius 2 is 2.15 bits per heavy atom. The Morgan fingerprint density at radius 3 is 2.81 bits per heavy atom. The molecule has 146 valence electrons. The number of guanidine groups is 1. The number of likely N-dealkylation sites (tertiary alicyclic amines) is 1. The SMILES string of the molecule is CCOc1c(Cl)cc(CNC(=NC)NCC2CCCN2CC)cc1OC. The lowest BCUT2D eigenvalue weighted by Gasteiger charge is -2.24. The van der Waals surface area contributed by atoms with Crippen molar-refractivity contribution in [1.82, 2.24) is 15.5 Å². The van der Waals surface area contributed by atoms with Crippen LogP contribution in [0.25, 0.3) is 0 Å². The zero-order chi connectivity index (χ0) is 18.9. The molecule has 0 spiro atoms. The lowest BCUT2D eigenvalue weighted by atomic mass is 10.2. The van der Waals surface area contributed by atoms with E-state index in [9.17, 15) is 0 Å². The van der Waals surface area contributed by atoms with Crippen molar-refractivity contribution in [2.45, 2.75) is 39.3 Å². The van der Waals surface area contributed by atoms with Crippen molar-refractivity contribution in [1.29, 1.82) is 0 Å². The van der Waals surface area contributed by atoms with Crippen LogP contribution in [0.5, 0.6) is 11.5 Å². The van der Waals surface area contributed by atoms with Gasteiger partial charge in [-0.1, -0.05) is 18.5 Å². The maximum atomic E-state index is 6.34. The molecule has 1 atom stereocenters. The molecule has 1 fully saturated rings. The van der Waals surface area contributed by atoms with Gasteiger partial charge in [0.15, 0.2) is 17.5 Å². The molecule has 2 N–H and O–H groups in total. The molecule has 0 aromatic heterocycles. The van der Waals surface area contributed by atoms with Crippen LogP contribution in [0, 0.1) is 0 Å². The Kier molecular flexibility index (Phi) is 8.32. The van der Waals surface area contributed by atoms with Gasteiger partial charge < -0.3 is 20.1 Å². The molecule has 1 aromatic rings. The first-order chi connectivity index (χ1) is 12.6. The summed E-state index contributed by atoms with van der Waals surface area (Å²) in [6.45, 7) is 8.48. The number of halogens is 1. The quantitative estimate of drug-likeness (QED) is 0.534. The highest BCUT2D eigenvalue weighted by Gasteiger charge is 2.22. The fraction of sp³-hybridized carbons (Fsp3) is 0.632. The summed E-state index contributed by atoms with van der Waals surface area (Å²) in [6.07, 6.45) is 2.51. The van der Waals surface area contributed by atoms with E-state index in [1.165, 1.54) is 19.4 Å². The van der Waals surface area contributed by atoms with Crippen LogP contribution in [-0.2, 0) is 6.54 Å². The highest BCUT2D eigenvalue weighted by molar-refractivity contribution is 6.32. The van der Waals surface area contributed by atoms with Crippen molar-refractivity contribution in [3.05, 3.63) is 22.7 Å². The van der Waals surface area contributed by atoms with E-state index < -0.39 is 0 Å². The largest absolute Gasteiger partial charge is 0.493 e. The molecular formula is C19H31ClN4O2. The minimum Gasteiger partial charge on any atom is -0.493 e. The number of hydrogen-bond acceptors (Lipinski definition) is 4. The molecule has 0 saturated carbocycles. The Morgan fingerprint density at radius 1 is 1.35 bits per heavy atom. The maximum Gasteiger partial charge on any atom is 0.191 e. The molecule has 0 amide bonds. The summed E-state index contributed by atoms with van der Waals surface area (Å²) in [5.74, 6) is 2.02. The zero-order valence-corrected chi connectivity index (χ0v) is 17.0. The number of nitrogens with one attached hydrogen (secondary N) is 2. The number of hydrogen-bond donors (Lipinski definition) is 2. The molecule has 7 heteroatoms. The molecular weight excluding hydrogens is 352 g/mol. The summed E-state index contributed by atoms with van der Waals surface area (Å²) in [6, 6.07) is 4.41. The van der Waals surface area contributed by atoms with Crippen LogP contribution in [0.1, 0.15) is 32.3 Å². The first kappa shape index (κ1) is 20.6. The van der Waals surface area contributed by atoms with Gasteiger partial charge in [0.1, 0.15) is 0 Å². The van der Waals surface area contributed by atoms with E-state index in [1.807, 2.05) is 19.1 Å². The number of ether oxygens (including phenoxy) is 2. The number of rotatable bonds is 8. The summed E-state index contributed by atoms with van der Waals surface area (Å²) in [5, 5.41) is 7.32. The molecule has 6 nitrogen and oxygen atoms in total. The third kappa shape index (κ3) is 5.42. The summed E-state index contributed by atoms with van der Waals surface area (Å²) in [5.41, 5.74) is 1.01. The van der Waals surface area contributed by atoms with Gasteiger partial charge in [-0.25, -0.2) is 0 Å². The Hall–Kier alpha value is -1.66. The predicted molar refractivity (Wildman–Crippen MR) is 108 cm³/mol. The normalized spacial score (nSPS) is 18.0. The lowest BCUT2D eigenvalue weighted by Crippen LogP contribution is -2.44. The molecule has 2 rings (SSSR count). The van der Waals surface area contributed by atoms with Gasteiger partial charge in [0.2, 0.25) is 0 Å². The van der Waals surface area contributed by atoms with E-state index in [4.69, 9.17) is 21.1 Å². The van der Waals surface area contributed by atoms with Gasteiger partial charge in [-0.15, -0.1) is 0 Å². The minimum absolute atomic E-state index is 0.542. The van der Waals surface area contributed by atoms with Crippen molar-refractivity contribution in [3.8, 4) is 11.5 Å². The molecule has 0 radical (unpaired) electrons. The number of methoxy groups -OCH3 is 1. The first-order valence-electron chi connectivity index (χ1n) is 9.30. The minimum atomic E-state index is 0.542. The fourth-order valence-corrected chi connectivity index (χ4v) is 3.61. The van der Waals surface area contributed by atoms with Crippen molar-refractivity contribution in [2.24, 2.45) is 4.99 Å². The number of likely N-dealkylation sites (N-methyl/N-ethyl adjacent to an activating group) is 1. The average Bonchev–Trinajstić information content (AvgIpc) is 3.11. The van der Waals surface area contributed by atoms with E-state index >= 15 is 0 Å². The van der Waals surface area contributed by atoms with Crippen LogP contribution < -0.4 is 20.1 Å². The van der Waals surface area contributed by atoms with Crippen molar-refractivity contribution in [3.63, 3.8) is 0 Å². The lowest BCUT2D eigenvalue weighted by molar-refractivity contribution is 0.267. The summed E-state index contributed by atoms with van der Waals surface area (Å²) in [7, 11) is 3.40. The third-order valence-corrected chi connectivity index (χ3v) is 4.95. The molecule has 1 saturated heterocycles. The third-order valence-electron chi connectivity index (χ3n) is 4.67. The molecule has 1 aliphatic heterocycles. The Balaban J connectivity index is 1.92. The summed E-state index contributed by atoms with van der Waals surface area (Å²) in [4.78, 5) is 6.83. The molecule has 1 heterocycles. The van der Waals surface area contributed by atoms with Gasteiger partial charge in [-0.3, -0.25) is 9.89 Å². The van der Waals surface area contributed by atoms with Crippen LogP contribution in [0.15, 0.2) is 17.1 Å². The van der Waals surface area contributed by atoms with E-state index in [0.29, 0.717) is 35.7 Å². The van der Waals surface area contributed by atoms with E-state index in [2.05, 4.69) is 27.4 Å². The second-order valence-electron chi connectivity index (χ2n) is 6.27. The van der Waals surface area contributed by atoms with Crippen molar-refractivity contribution < 1.29 is 9.47 Å². The zero-order valence-electron chi connectivity index (χ0n) is 16.3. The Bertz CT molecular complexity index is 609. The van der Waals surface area contributed by atoms with Gasteiger partial charge >= 0.3 is 0 Å². The van der Waals surface area contributed by atoms with Gasteiger partial charge in [-0.05, 0) is 50.6 Å². The van der Waals surface area contributed by atoms with Gasteiger partial charge in [0.25, 0.3) is 0 Å². The highest BCUT2D eigenvalue weighted by atomic mass is 35.5. The second-order valence-corrected chi connectivity index (χ2v) is 6.68. The molecule has 26 heavy (non-hydrogen) atoms. The number of aliphatic imine (C=N–C) groups is 1. The van der Waals surface area contributed by atoms with Crippen molar-refractivity contribution in [2.75, 3.05) is 40.4 Å². The van der Waals surface area contributed by atoms with Gasteiger partial charge in [-0.2, -0.15) is 0 Å². The molecule has 0 bridgehead atoms. The smallest absolute Gasteiger partial charge is 0.191 e. The maximum absolute atomic E-state index is 6.34. The second kappa shape index (κ2) is 10.5. The van der Waals surface area contributed by atoms with Crippen LogP contribution in [-0.4, -0.2) is 57.3 Å². The Labute approximate surface area is 161 Å². The summed E-state index contributed by atoms with van der Waals surface area (Å²) < 4.78 is 11.0. The molecule has 0 aliphatic carbocycles. The standard InChI is InChI=1S/C19H31ClN4O2/c1-5-24-9-7-8-15(24)13-23-19(21-3)22-12-14-10-16(20)18(26-6-2)17(11-14)25-4/h10-11,15H,5-9,12-13H2,1-4H3,(H2,21,22,23). The van der Waals surface area contributed by atoms with Crippen LogP contribution in [0.4, 0.5) is 0 Å². The molecule has 1 aromatic carbocycles. The van der Waals surface area contributed by atoms with Crippen molar-refractivity contribution >= 4 is 17.6 Å².